The lowest BCUT2D eigenvalue weighted by Gasteiger charge is -2.10. The molecule has 9 rings (SSSR count). The molecule has 4 aromatic heterocycles. The van der Waals surface area contributed by atoms with E-state index >= 15 is 0 Å². The summed E-state index contributed by atoms with van der Waals surface area (Å²) in [7, 11) is 0. The maximum absolute atomic E-state index is 4.84. The Morgan fingerprint density at radius 3 is 1.90 bits per heavy atom. The van der Waals surface area contributed by atoms with Gasteiger partial charge in [-0.3, -0.25) is 9.13 Å². The highest BCUT2D eigenvalue weighted by Crippen LogP contribution is 2.42. The second kappa shape index (κ2) is 8.37. The van der Waals surface area contributed by atoms with E-state index in [9.17, 15) is 0 Å². The summed E-state index contributed by atoms with van der Waals surface area (Å²) in [6.07, 6.45) is 3.47. The largest absolute Gasteiger partial charge is 0.309 e. The van der Waals surface area contributed by atoms with Gasteiger partial charge in [-0.25, -0.2) is 15.0 Å². The van der Waals surface area contributed by atoms with Crippen LogP contribution in [0.5, 0.6) is 0 Å². The Morgan fingerprint density at radius 2 is 1.12 bits per heavy atom. The number of hydrogen-bond acceptors (Lipinski definition) is 3. The topological polar surface area (TPSA) is 53.5 Å². The van der Waals surface area contributed by atoms with Crippen LogP contribution in [-0.2, 0) is 0 Å². The fourth-order valence-corrected chi connectivity index (χ4v) is 6.35. The van der Waals surface area contributed by atoms with Gasteiger partial charge in [0.25, 0.3) is 0 Å². The van der Waals surface area contributed by atoms with E-state index in [2.05, 4.69) is 117 Å². The molecule has 4 heterocycles. The first-order chi connectivity index (χ1) is 20.4. The first kappa shape index (κ1) is 22.1. The van der Waals surface area contributed by atoms with Crippen LogP contribution in [0.2, 0.25) is 0 Å². The normalized spacial score (nSPS) is 11.9. The second-order valence-electron chi connectivity index (χ2n) is 10.2. The van der Waals surface area contributed by atoms with Crippen molar-refractivity contribution in [3.8, 4) is 17.2 Å². The Bertz CT molecular complexity index is 2410. The lowest BCUT2D eigenvalue weighted by Crippen LogP contribution is -2.01. The third-order valence-corrected chi connectivity index (χ3v) is 8.04. The monoisotopic (exact) mass is 526 g/mol. The van der Waals surface area contributed by atoms with Crippen LogP contribution >= 0.6 is 0 Å². The van der Waals surface area contributed by atoms with E-state index in [4.69, 9.17) is 9.97 Å². The van der Waals surface area contributed by atoms with E-state index < -0.39 is 0 Å². The van der Waals surface area contributed by atoms with Crippen molar-refractivity contribution in [1.82, 2.24) is 28.7 Å². The minimum absolute atomic E-state index is 0.753. The fourth-order valence-electron chi connectivity index (χ4n) is 6.35. The van der Waals surface area contributed by atoms with Gasteiger partial charge in [-0.15, -0.1) is 0 Å². The number of fused-ring (bicyclic) bond motifs is 8. The Labute approximate surface area is 234 Å². The van der Waals surface area contributed by atoms with Gasteiger partial charge in [-0.2, -0.15) is 0 Å². The maximum atomic E-state index is 4.84. The third kappa shape index (κ3) is 3.04. The van der Waals surface area contributed by atoms with Crippen molar-refractivity contribution < 1.29 is 0 Å². The lowest BCUT2D eigenvalue weighted by atomic mass is 10.1. The Morgan fingerprint density at radius 1 is 0.463 bits per heavy atom. The zero-order valence-corrected chi connectivity index (χ0v) is 21.9. The molecule has 6 nitrogen and oxygen atoms in total. The van der Waals surface area contributed by atoms with Crippen molar-refractivity contribution in [2.75, 3.05) is 0 Å². The van der Waals surface area contributed by atoms with Crippen LogP contribution in [0.4, 0.5) is 0 Å². The van der Waals surface area contributed by atoms with E-state index in [-0.39, 0.29) is 0 Å². The summed E-state index contributed by atoms with van der Waals surface area (Å²) >= 11 is 0. The molecule has 0 N–H and O–H groups in total. The predicted molar refractivity (Wildman–Crippen MR) is 165 cm³/mol. The summed E-state index contributed by atoms with van der Waals surface area (Å²) in [6.45, 7) is 0. The van der Waals surface area contributed by atoms with Gasteiger partial charge in [-0.05, 0) is 42.5 Å². The van der Waals surface area contributed by atoms with Gasteiger partial charge in [0, 0.05) is 32.9 Å². The standard InChI is InChI=1S/C35H22N6/c1-3-11-23(12-4-1)39-22-38-32-34(39)36-21-37-35(32)41-29-18-10-8-16-27(29)31-30(41)20-19-26-25-15-7-9-17-28(25)40(33(26)31)24-13-5-2-6-14-24/h1-22H. The van der Waals surface area contributed by atoms with Crippen molar-refractivity contribution in [3.05, 3.63) is 134 Å². The molecule has 0 aliphatic heterocycles. The van der Waals surface area contributed by atoms with Crippen LogP contribution < -0.4 is 0 Å². The number of imidazole rings is 1. The molecule has 0 saturated heterocycles. The van der Waals surface area contributed by atoms with E-state index in [0.29, 0.717) is 0 Å². The van der Waals surface area contributed by atoms with E-state index in [1.54, 1.807) is 6.33 Å². The summed E-state index contributed by atoms with van der Waals surface area (Å²) in [6, 6.07) is 42.5. The smallest absolute Gasteiger partial charge is 0.170 e. The summed E-state index contributed by atoms with van der Waals surface area (Å²) < 4.78 is 6.65. The Kier molecular flexibility index (Phi) is 4.51. The molecular weight excluding hydrogens is 504 g/mol. The highest BCUT2D eigenvalue weighted by molar-refractivity contribution is 6.26. The van der Waals surface area contributed by atoms with Gasteiger partial charge in [0.05, 0.1) is 22.1 Å². The summed E-state index contributed by atoms with van der Waals surface area (Å²) in [5, 5.41) is 4.81. The number of para-hydroxylation sites is 4. The molecule has 0 bridgehead atoms. The van der Waals surface area contributed by atoms with Gasteiger partial charge in [0.15, 0.2) is 17.0 Å². The van der Waals surface area contributed by atoms with Crippen molar-refractivity contribution in [2.45, 2.75) is 0 Å². The van der Waals surface area contributed by atoms with Crippen LogP contribution in [0, 0.1) is 0 Å². The third-order valence-electron chi connectivity index (χ3n) is 8.04. The lowest BCUT2D eigenvalue weighted by molar-refractivity contribution is 1.04. The zero-order chi connectivity index (χ0) is 26.9. The van der Waals surface area contributed by atoms with Gasteiger partial charge >= 0.3 is 0 Å². The van der Waals surface area contributed by atoms with Crippen molar-refractivity contribution in [3.63, 3.8) is 0 Å². The summed E-state index contributed by atoms with van der Waals surface area (Å²) in [4.78, 5) is 14.3. The Hall–Kier alpha value is -5.75. The molecule has 0 saturated carbocycles. The van der Waals surface area contributed by atoms with Gasteiger partial charge < -0.3 is 4.57 Å². The molecule has 41 heavy (non-hydrogen) atoms. The fraction of sp³-hybridized carbons (Fsp3) is 0. The number of benzene rings is 5. The van der Waals surface area contributed by atoms with Crippen LogP contribution in [0.25, 0.3) is 72.0 Å². The maximum Gasteiger partial charge on any atom is 0.170 e. The molecular formula is C35H22N6. The highest BCUT2D eigenvalue weighted by Gasteiger charge is 2.22. The number of nitrogens with zero attached hydrogens (tertiary/aromatic N) is 6. The predicted octanol–water partition coefficient (Wildman–Crippen LogP) is 8.01. The van der Waals surface area contributed by atoms with Gasteiger partial charge in [0.2, 0.25) is 0 Å². The first-order valence-corrected chi connectivity index (χ1v) is 13.6. The summed E-state index contributed by atoms with van der Waals surface area (Å²) in [5.74, 6) is 0.762. The molecule has 0 fully saturated rings. The number of aromatic nitrogens is 6. The van der Waals surface area contributed by atoms with Crippen LogP contribution in [-0.4, -0.2) is 28.7 Å². The molecule has 0 unspecified atom stereocenters. The van der Waals surface area contributed by atoms with Crippen LogP contribution in [0.3, 0.4) is 0 Å². The SMILES string of the molecule is c1ccc(-n2cnc3c(-n4c5ccccc5c5c4ccc4c6ccccc6n(-c6ccccc6)c45)ncnc32)cc1. The molecule has 0 aliphatic rings. The molecule has 0 aliphatic carbocycles. The quantitative estimate of drug-likeness (QED) is 0.234. The first-order valence-electron chi connectivity index (χ1n) is 13.6. The van der Waals surface area contributed by atoms with Crippen molar-refractivity contribution in [2.24, 2.45) is 0 Å². The molecule has 0 atom stereocenters. The average Bonchev–Trinajstić information content (AvgIpc) is 3.72. The highest BCUT2D eigenvalue weighted by atomic mass is 15.2. The molecule has 192 valence electrons. The second-order valence-corrected chi connectivity index (χ2v) is 10.2. The minimum Gasteiger partial charge on any atom is -0.309 e. The number of hydrogen-bond donors (Lipinski definition) is 0. The van der Waals surface area contributed by atoms with Crippen molar-refractivity contribution >= 4 is 54.8 Å². The van der Waals surface area contributed by atoms with E-state index in [1.165, 1.54) is 32.6 Å². The zero-order valence-electron chi connectivity index (χ0n) is 21.9. The van der Waals surface area contributed by atoms with Crippen molar-refractivity contribution in [1.29, 1.82) is 0 Å². The molecule has 0 radical (unpaired) electrons. The Balaban J connectivity index is 1.44. The molecule has 9 aromatic rings. The number of rotatable bonds is 3. The molecule has 0 amide bonds. The van der Waals surface area contributed by atoms with Crippen LogP contribution in [0.15, 0.2) is 134 Å². The van der Waals surface area contributed by atoms with E-state index in [0.717, 1.165) is 39.4 Å². The average molecular weight is 527 g/mol. The molecule has 6 heteroatoms. The minimum atomic E-state index is 0.753. The van der Waals surface area contributed by atoms with Gasteiger partial charge in [0.1, 0.15) is 12.7 Å². The summed E-state index contributed by atoms with van der Waals surface area (Å²) in [5.41, 5.74) is 8.19. The van der Waals surface area contributed by atoms with E-state index in [1.807, 2.05) is 29.1 Å². The van der Waals surface area contributed by atoms with Crippen LogP contribution in [0.1, 0.15) is 0 Å². The van der Waals surface area contributed by atoms with Gasteiger partial charge in [-0.1, -0.05) is 78.9 Å². The molecule has 0 spiro atoms. The molecule has 5 aromatic carbocycles.